The van der Waals surface area contributed by atoms with E-state index >= 15 is 0 Å². The summed E-state index contributed by atoms with van der Waals surface area (Å²) in [5, 5.41) is 3.33. The lowest BCUT2D eigenvalue weighted by Gasteiger charge is -2.24. The first-order valence-electron chi connectivity index (χ1n) is 5.57. The van der Waals surface area contributed by atoms with E-state index < -0.39 is 0 Å². The van der Waals surface area contributed by atoms with Crippen molar-refractivity contribution in [3.63, 3.8) is 0 Å². The van der Waals surface area contributed by atoms with Gasteiger partial charge in [-0.25, -0.2) is 4.39 Å². The summed E-state index contributed by atoms with van der Waals surface area (Å²) in [7, 11) is 2.01. The quantitative estimate of drug-likeness (QED) is 0.786. The summed E-state index contributed by atoms with van der Waals surface area (Å²) in [5.74, 6) is -0.148. The molecule has 0 saturated heterocycles. The van der Waals surface area contributed by atoms with Crippen LogP contribution < -0.4 is 5.32 Å². The molecule has 1 aromatic carbocycles. The average Bonchev–Trinajstić information content (AvgIpc) is 2.62. The smallest absolute Gasteiger partial charge is 0.123 e. The topological polar surface area (TPSA) is 12.0 Å². The van der Waals surface area contributed by atoms with Crippen LogP contribution in [0, 0.1) is 5.82 Å². The average molecular weight is 207 g/mol. The number of rotatable bonds is 2. The molecule has 2 rings (SSSR count). The molecule has 2 unspecified atom stereocenters. The minimum absolute atomic E-state index is 0.148. The maximum atomic E-state index is 12.8. The normalized spacial score (nSPS) is 30.7. The second-order valence-corrected chi connectivity index (χ2v) is 4.80. The minimum atomic E-state index is -0.148. The predicted molar refractivity (Wildman–Crippen MR) is 60.5 cm³/mol. The fourth-order valence-corrected chi connectivity index (χ4v) is 2.60. The fourth-order valence-electron chi connectivity index (χ4n) is 2.60. The van der Waals surface area contributed by atoms with Crippen LogP contribution in [0.3, 0.4) is 0 Å². The lowest BCUT2D eigenvalue weighted by atomic mass is 9.81. The zero-order valence-electron chi connectivity index (χ0n) is 9.39. The van der Waals surface area contributed by atoms with Crippen molar-refractivity contribution in [2.75, 3.05) is 7.05 Å². The van der Waals surface area contributed by atoms with E-state index in [1.165, 1.54) is 18.4 Å². The van der Waals surface area contributed by atoms with Crippen LogP contribution in [0.2, 0.25) is 0 Å². The summed E-state index contributed by atoms with van der Waals surface area (Å²) in [4.78, 5) is 0. The number of hydrogen-bond donors (Lipinski definition) is 1. The van der Waals surface area contributed by atoms with E-state index in [0.717, 1.165) is 6.42 Å². The van der Waals surface area contributed by atoms with Gasteiger partial charge in [-0.3, -0.25) is 0 Å². The molecule has 0 spiro atoms. The van der Waals surface area contributed by atoms with Crippen molar-refractivity contribution in [3.8, 4) is 0 Å². The van der Waals surface area contributed by atoms with Gasteiger partial charge in [0.05, 0.1) is 0 Å². The highest BCUT2D eigenvalue weighted by Gasteiger charge is 2.35. The van der Waals surface area contributed by atoms with Gasteiger partial charge >= 0.3 is 0 Å². The summed E-state index contributed by atoms with van der Waals surface area (Å²) >= 11 is 0. The molecule has 0 aliphatic heterocycles. The lowest BCUT2D eigenvalue weighted by Crippen LogP contribution is -2.25. The van der Waals surface area contributed by atoms with Crippen LogP contribution in [0.25, 0.3) is 0 Å². The third kappa shape index (κ3) is 2.05. The van der Waals surface area contributed by atoms with Crippen LogP contribution in [0.1, 0.15) is 31.7 Å². The monoisotopic (exact) mass is 207 g/mol. The molecule has 1 nitrogen and oxygen atoms in total. The molecule has 15 heavy (non-hydrogen) atoms. The Morgan fingerprint density at radius 2 is 2.00 bits per heavy atom. The van der Waals surface area contributed by atoms with Gasteiger partial charge in [-0.1, -0.05) is 19.1 Å². The first-order valence-corrected chi connectivity index (χ1v) is 5.57. The van der Waals surface area contributed by atoms with E-state index in [9.17, 15) is 4.39 Å². The molecule has 82 valence electrons. The Morgan fingerprint density at radius 1 is 1.33 bits per heavy atom. The van der Waals surface area contributed by atoms with Gasteiger partial charge in [0.25, 0.3) is 0 Å². The number of nitrogens with one attached hydrogen (secondary N) is 1. The molecule has 1 aromatic rings. The largest absolute Gasteiger partial charge is 0.317 e. The third-order valence-corrected chi connectivity index (χ3v) is 3.69. The second-order valence-electron chi connectivity index (χ2n) is 4.80. The highest BCUT2D eigenvalue weighted by molar-refractivity contribution is 5.26. The van der Waals surface area contributed by atoms with Gasteiger partial charge in [0.2, 0.25) is 0 Å². The van der Waals surface area contributed by atoms with Gasteiger partial charge in [-0.2, -0.15) is 0 Å². The molecule has 1 N–H and O–H groups in total. The van der Waals surface area contributed by atoms with Gasteiger partial charge in [0, 0.05) is 6.04 Å². The van der Waals surface area contributed by atoms with E-state index in [2.05, 4.69) is 12.2 Å². The minimum Gasteiger partial charge on any atom is -0.317 e. The lowest BCUT2D eigenvalue weighted by molar-refractivity contribution is 0.465. The van der Waals surface area contributed by atoms with Gasteiger partial charge in [-0.15, -0.1) is 0 Å². The van der Waals surface area contributed by atoms with Gasteiger partial charge in [0.1, 0.15) is 5.82 Å². The molecule has 0 aromatic heterocycles. The number of benzene rings is 1. The number of hydrogen-bond acceptors (Lipinski definition) is 1. The molecule has 1 aliphatic carbocycles. The Morgan fingerprint density at radius 3 is 2.53 bits per heavy atom. The number of halogens is 1. The molecule has 0 heterocycles. The summed E-state index contributed by atoms with van der Waals surface area (Å²) in [5.41, 5.74) is 1.49. The zero-order valence-corrected chi connectivity index (χ0v) is 9.39. The van der Waals surface area contributed by atoms with Gasteiger partial charge in [0.15, 0.2) is 0 Å². The van der Waals surface area contributed by atoms with Crippen molar-refractivity contribution >= 4 is 0 Å². The fraction of sp³-hybridized carbons (Fsp3) is 0.538. The third-order valence-electron chi connectivity index (χ3n) is 3.69. The van der Waals surface area contributed by atoms with Crippen molar-refractivity contribution in [2.24, 2.45) is 0 Å². The van der Waals surface area contributed by atoms with Gasteiger partial charge in [-0.05, 0) is 49.4 Å². The molecule has 1 saturated carbocycles. The Labute approximate surface area is 90.7 Å². The molecule has 0 bridgehead atoms. The zero-order chi connectivity index (χ0) is 10.9. The van der Waals surface area contributed by atoms with E-state index in [1.54, 1.807) is 12.1 Å². The Balaban J connectivity index is 2.20. The Kier molecular flexibility index (Phi) is 2.79. The van der Waals surface area contributed by atoms with Crippen LogP contribution in [0.5, 0.6) is 0 Å². The summed E-state index contributed by atoms with van der Waals surface area (Å²) in [6.07, 6.45) is 3.55. The Bertz CT molecular complexity index is 333. The maximum absolute atomic E-state index is 12.8. The molecular formula is C13H18FN. The van der Waals surface area contributed by atoms with E-state index in [4.69, 9.17) is 0 Å². The molecule has 1 fully saturated rings. The molecule has 0 amide bonds. The van der Waals surface area contributed by atoms with Crippen LogP contribution in [-0.2, 0) is 5.41 Å². The highest BCUT2D eigenvalue weighted by atomic mass is 19.1. The molecule has 1 aliphatic rings. The summed E-state index contributed by atoms with van der Waals surface area (Å²) < 4.78 is 12.8. The van der Waals surface area contributed by atoms with Crippen LogP contribution in [0.4, 0.5) is 4.39 Å². The van der Waals surface area contributed by atoms with Crippen LogP contribution in [0.15, 0.2) is 24.3 Å². The first-order chi connectivity index (χ1) is 7.14. The molecule has 2 heteroatoms. The highest BCUT2D eigenvalue weighted by Crippen LogP contribution is 2.40. The Hall–Kier alpha value is -0.890. The molecule has 0 radical (unpaired) electrons. The SMILES string of the molecule is CNC1CCC(C)(c2ccc(F)cc2)C1. The maximum Gasteiger partial charge on any atom is 0.123 e. The summed E-state index contributed by atoms with van der Waals surface area (Å²) in [6, 6.07) is 7.58. The van der Waals surface area contributed by atoms with Crippen molar-refractivity contribution in [1.29, 1.82) is 0 Å². The standard InChI is InChI=1S/C13H18FN/c1-13(8-7-12(9-13)15-2)10-3-5-11(14)6-4-10/h3-6,12,15H,7-9H2,1-2H3. The van der Waals surface area contributed by atoms with Crippen molar-refractivity contribution < 1.29 is 4.39 Å². The van der Waals surface area contributed by atoms with E-state index in [0.29, 0.717) is 6.04 Å². The van der Waals surface area contributed by atoms with Crippen molar-refractivity contribution in [1.82, 2.24) is 5.32 Å². The molecular weight excluding hydrogens is 189 g/mol. The van der Waals surface area contributed by atoms with Crippen LogP contribution >= 0.6 is 0 Å². The van der Waals surface area contributed by atoms with Crippen molar-refractivity contribution in [2.45, 2.75) is 37.6 Å². The van der Waals surface area contributed by atoms with Gasteiger partial charge < -0.3 is 5.32 Å². The summed E-state index contributed by atoms with van der Waals surface area (Å²) in [6.45, 7) is 2.28. The van der Waals surface area contributed by atoms with E-state index in [1.807, 2.05) is 19.2 Å². The van der Waals surface area contributed by atoms with Crippen LogP contribution in [-0.4, -0.2) is 13.1 Å². The molecule has 2 atom stereocenters. The second kappa shape index (κ2) is 3.93. The first kappa shape index (κ1) is 10.6. The predicted octanol–water partition coefficient (Wildman–Crippen LogP) is 2.86. The van der Waals surface area contributed by atoms with Crippen molar-refractivity contribution in [3.05, 3.63) is 35.6 Å². The van der Waals surface area contributed by atoms with E-state index in [-0.39, 0.29) is 11.2 Å².